The zero-order chi connectivity index (χ0) is 9.42. The summed E-state index contributed by atoms with van der Waals surface area (Å²) in [7, 11) is 1.65. The number of halogens is 1. The number of thiophene rings is 1. The monoisotopic (exact) mass is 212 g/mol. The van der Waals surface area contributed by atoms with Gasteiger partial charge in [-0.05, 0) is 18.6 Å². The van der Waals surface area contributed by atoms with Crippen molar-refractivity contribution < 1.29 is 4.74 Å². The van der Waals surface area contributed by atoms with E-state index in [2.05, 4.69) is 13.0 Å². The van der Waals surface area contributed by atoms with Crippen molar-refractivity contribution in [2.75, 3.05) is 7.11 Å². The van der Waals surface area contributed by atoms with E-state index in [1.54, 1.807) is 18.4 Å². The second-order valence-electron chi connectivity index (χ2n) is 2.86. The van der Waals surface area contributed by atoms with E-state index in [1.165, 1.54) is 10.3 Å². The molecular formula is C10H9ClOS. The Bertz CT molecular complexity index is 447. The second kappa shape index (κ2) is 3.20. The Balaban J connectivity index is 2.86. The molecule has 3 heteroatoms. The number of rotatable bonds is 1. The normalized spacial score (nSPS) is 10.7. The Morgan fingerprint density at radius 3 is 2.85 bits per heavy atom. The highest BCUT2D eigenvalue weighted by Gasteiger charge is 2.11. The molecule has 0 atom stereocenters. The molecule has 13 heavy (non-hydrogen) atoms. The average Bonchev–Trinajstić information content (AvgIpc) is 2.43. The fourth-order valence-corrected chi connectivity index (χ4v) is 2.77. The Morgan fingerprint density at radius 2 is 2.15 bits per heavy atom. The lowest BCUT2D eigenvalue weighted by Crippen LogP contribution is -1.80. The smallest absolute Gasteiger partial charge is 0.156 e. The Hall–Kier alpha value is -0.730. The number of hydrogen-bond donors (Lipinski definition) is 0. The van der Waals surface area contributed by atoms with Crippen molar-refractivity contribution in [3.63, 3.8) is 0 Å². The molecule has 0 spiro atoms. The van der Waals surface area contributed by atoms with E-state index in [1.807, 2.05) is 12.1 Å². The van der Waals surface area contributed by atoms with Crippen LogP contribution in [-0.2, 0) is 0 Å². The van der Waals surface area contributed by atoms with E-state index in [0.29, 0.717) is 0 Å². The van der Waals surface area contributed by atoms with Crippen LogP contribution >= 0.6 is 22.9 Å². The molecule has 2 rings (SSSR count). The minimum absolute atomic E-state index is 0.729. The Morgan fingerprint density at radius 1 is 1.38 bits per heavy atom. The first-order valence-electron chi connectivity index (χ1n) is 3.95. The molecule has 1 nitrogen and oxygen atoms in total. The van der Waals surface area contributed by atoms with Crippen LogP contribution in [0.3, 0.4) is 0 Å². The summed E-state index contributed by atoms with van der Waals surface area (Å²) in [5, 5.41) is 1.11. The largest absolute Gasteiger partial charge is 0.494 e. The van der Waals surface area contributed by atoms with Gasteiger partial charge in [-0.15, -0.1) is 11.3 Å². The molecule has 0 fully saturated rings. The fraction of sp³-hybridized carbons (Fsp3) is 0.200. The van der Waals surface area contributed by atoms with Gasteiger partial charge in [0.15, 0.2) is 5.75 Å². The van der Waals surface area contributed by atoms with Crippen LogP contribution in [-0.4, -0.2) is 7.11 Å². The summed E-state index contributed by atoms with van der Waals surface area (Å²) >= 11 is 7.60. The molecule has 2 aromatic rings. The van der Waals surface area contributed by atoms with E-state index in [4.69, 9.17) is 16.3 Å². The van der Waals surface area contributed by atoms with Crippen LogP contribution in [0.15, 0.2) is 18.2 Å². The van der Waals surface area contributed by atoms with Crippen molar-refractivity contribution in [2.45, 2.75) is 6.92 Å². The summed E-state index contributed by atoms with van der Waals surface area (Å²) in [5.74, 6) is 0.797. The molecule has 1 heterocycles. The summed E-state index contributed by atoms with van der Waals surface area (Å²) in [6.45, 7) is 2.08. The summed E-state index contributed by atoms with van der Waals surface area (Å²) in [4.78, 5) is 0. The number of aryl methyl sites for hydroxylation is 1. The fourth-order valence-electron chi connectivity index (χ4n) is 1.40. The minimum Gasteiger partial charge on any atom is -0.494 e. The third-order valence-corrected chi connectivity index (χ3v) is 3.54. The van der Waals surface area contributed by atoms with Crippen molar-refractivity contribution in [3.8, 4) is 5.75 Å². The van der Waals surface area contributed by atoms with Gasteiger partial charge in [-0.1, -0.05) is 23.7 Å². The van der Waals surface area contributed by atoms with Gasteiger partial charge in [0.05, 0.1) is 7.11 Å². The second-order valence-corrected chi connectivity index (χ2v) is 4.48. The first kappa shape index (κ1) is 8.85. The molecule has 0 unspecified atom stereocenters. The van der Waals surface area contributed by atoms with Crippen molar-refractivity contribution in [3.05, 3.63) is 28.1 Å². The van der Waals surface area contributed by atoms with E-state index < -0.39 is 0 Å². The summed E-state index contributed by atoms with van der Waals surface area (Å²) in [5.41, 5.74) is 1.24. The average molecular weight is 213 g/mol. The van der Waals surface area contributed by atoms with Crippen molar-refractivity contribution in [1.29, 1.82) is 0 Å². The van der Waals surface area contributed by atoms with Gasteiger partial charge in [0.25, 0.3) is 0 Å². The molecule has 0 amide bonds. The lowest BCUT2D eigenvalue weighted by molar-refractivity contribution is 0.421. The molecule has 0 radical (unpaired) electrons. The number of ether oxygens (including phenoxy) is 1. The maximum Gasteiger partial charge on any atom is 0.156 e. The summed E-state index contributed by atoms with van der Waals surface area (Å²) in [6.07, 6.45) is 0. The molecule has 1 aromatic carbocycles. The van der Waals surface area contributed by atoms with E-state index in [0.717, 1.165) is 15.5 Å². The maximum absolute atomic E-state index is 6.03. The van der Waals surface area contributed by atoms with Crippen LogP contribution in [0.1, 0.15) is 5.56 Å². The SMILES string of the molecule is COc1c(Cl)sc2c(C)cccc12. The predicted octanol–water partition coefficient (Wildman–Crippen LogP) is 3.87. The summed E-state index contributed by atoms with van der Waals surface area (Å²) < 4.78 is 7.17. The van der Waals surface area contributed by atoms with Crippen LogP contribution in [0, 0.1) is 6.92 Å². The highest BCUT2D eigenvalue weighted by Crippen LogP contribution is 2.42. The van der Waals surface area contributed by atoms with E-state index in [-0.39, 0.29) is 0 Å². The molecule has 0 aliphatic rings. The van der Waals surface area contributed by atoms with Crippen molar-refractivity contribution in [1.82, 2.24) is 0 Å². The van der Waals surface area contributed by atoms with E-state index in [9.17, 15) is 0 Å². The van der Waals surface area contributed by atoms with Gasteiger partial charge in [0.1, 0.15) is 4.34 Å². The first-order chi connectivity index (χ1) is 6.24. The molecule has 0 saturated heterocycles. The van der Waals surface area contributed by atoms with Crippen LogP contribution in [0.2, 0.25) is 4.34 Å². The molecule has 0 bridgehead atoms. The minimum atomic E-state index is 0.729. The lowest BCUT2D eigenvalue weighted by atomic mass is 10.2. The molecular weight excluding hydrogens is 204 g/mol. The molecule has 0 aliphatic heterocycles. The molecule has 0 N–H and O–H groups in total. The predicted molar refractivity (Wildman–Crippen MR) is 58.1 cm³/mol. The van der Waals surface area contributed by atoms with Gasteiger partial charge in [-0.2, -0.15) is 0 Å². The Kier molecular flexibility index (Phi) is 2.18. The van der Waals surface area contributed by atoms with Gasteiger partial charge in [-0.3, -0.25) is 0 Å². The highest BCUT2D eigenvalue weighted by atomic mass is 35.5. The van der Waals surface area contributed by atoms with Crippen molar-refractivity contribution in [2.24, 2.45) is 0 Å². The first-order valence-corrected chi connectivity index (χ1v) is 5.15. The topological polar surface area (TPSA) is 9.23 Å². The van der Waals surface area contributed by atoms with Crippen molar-refractivity contribution >= 4 is 33.0 Å². The molecule has 0 saturated carbocycles. The number of methoxy groups -OCH3 is 1. The molecule has 0 aliphatic carbocycles. The quantitative estimate of drug-likeness (QED) is 0.697. The van der Waals surface area contributed by atoms with Crippen LogP contribution in [0.4, 0.5) is 0 Å². The number of hydrogen-bond acceptors (Lipinski definition) is 2. The molecule has 1 aromatic heterocycles. The number of fused-ring (bicyclic) bond motifs is 1. The van der Waals surface area contributed by atoms with Crippen LogP contribution in [0.5, 0.6) is 5.75 Å². The van der Waals surface area contributed by atoms with Gasteiger partial charge in [0.2, 0.25) is 0 Å². The summed E-state index contributed by atoms with van der Waals surface area (Å²) in [6, 6.07) is 6.13. The third kappa shape index (κ3) is 1.30. The highest BCUT2D eigenvalue weighted by molar-refractivity contribution is 7.23. The van der Waals surface area contributed by atoms with Crippen LogP contribution < -0.4 is 4.74 Å². The maximum atomic E-state index is 6.03. The zero-order valence-corrected chi connectivity index (χ0v) is 9.00. The number of benzene rings is 1. The van der Waals surface area contributed by atoms with Gasteiger partial charge in [0, 0.05) is 10.1 Å². The van der Waals surface area contributed by atoms with Crippen LogP contribution in [0.25, 0.3) is 10.1 Å². The lowest BCUT2D eigenvalue weighted by Gasteiger charge is -1.97. The van der Waals surface area contributed by atoms with Gasteiger partial charge >= 0.3 is 0 Å². The van der Waals surface area contributed by atoms with Gasteiger partial charge < -0.3 is 4.74 Å². The van der Waals surface area contributed by atoms with Gasteiger partial charge in [-0.25, -0.2) is 0 Å². The molecule has 68 valence electrons. The van der Waals surface area contributed by atoms with E-state index >= 15 is 0 Å². The zero-order valence-electron chi connectivity index (χ0n) is 7.43. The standard InChI is InChI=1S/C10H9ClOS/c1-6-4-3-5-7-8(12-2)10(11)13-9(6)7/h3-5H,1-2H3. The Labute approximate surface area is 85.9 Å². The third-order valence-electron chi connectivity index (χ3n) is 2.03.